The lowest BCUT2D eigenvalue weighted by Gasteiger charge is -2.32. The van der Waals surface area contributed by atoms with E-state index in [1.807, 2.05) is 13.1 Å². The Morgan fingerprint density at radius 1 is 0.667 bits per heavy atom. The first-order chi connectivity index (χ1) is 9.24. The molecule has 0 radical (unpaired) electrons. The molecule has 0 amide bonds. The fourth-order valence-corrected chi connectivity index (χ4v) is 7.18. The molecule has 7 heteroatoms. The summed E-state index contributed by atoms with van der Waals surface area (Å²) in [5, 5.41) is 5.11. The zero-order chi connectivity index (χ0) is 16.9. The Hall–Kier alpha value is 0.234. The summed E-state index contributed by atoms with van der Waals surface area (Å²) in [5.74, 6) is 0. The van der Waals surface area contributed by atoms with E-state index in [1.54, 1.807) is 14.2 Å². The average molecular weight is 339 g/mol. The van der Waals surface area contributed by atoms with Crippen molar-refractivity contribution in [3.8, 4) is 0 Å². The highest BCUT2D eigenvalue weighted by atomic mass is 28.4. The van der Waals surface area contributed by atoms with E-state index < -0.39 is 17.1 Å². The molecule has 0 aliphatic carbocycles. The van der Waals surface area contributed by atoms with Crippen LogP contribution in [0.25, 0.3) is 0 Å². The molecule has 0 spiro atoms. The first-order valence-electron chi connectivity index (χ1n) is 7.38. The summed E-state index contributed by atoms with van der Waals surface area (Å²) >= 11 is 0. The topological polar surface area (TPSA) is 46.2 Å². The van der Waals surface area contributed by atoms with Crippen LogP contribution >= 0.6 is 0 Å². The predicted octanol–water partition coefficient (Wildman–Crippen LogP) is 4.40. The third-order valence-corrected chi connectivity index (χ3v) is 8.96. The Bertz CT molecular complexity index is 283. The molecule has 0 aromatic heterocycles. The lowest BCUT2D eigenvalue weighted by Crippen LogP contribution is -2.45. The second kappa shape index (κ2) is 7.67. The highest BCUT2D eigenvalue weighted by Gasteiger charge is 2.41. The Kier molecular flexibility index (Phi) is 7.76. The minimum absolute atomic E-state index is 0.105. The molecule has 0 aromatic carbocycles. The van der Waals surface area contributed by atoms with Crippen molar-refractivity contribution in [1.29, 1.82) is 0 Å². The predicted molar refractivity (Wildman–Crippen MR) is 89.0 cm³/mol. The van der Waals surface area contributed by atoms with Gasteiger partial charge in [0.1, 0.15) is 0 Å². The van der Waals surface area contributed by atoms with Gasteiger partial charge in [-0.25, -0.2) is 9.15 Å². The smallest absolute Gasteiger partial charge is 0.376 e. The maximum absolute atomic E-state index is 5.55. The molecule has 128 valence electrons. The van der Waals surface area contributed by atoms with Gasteiger partial charge in [0.25, 0.3) is 0 Å². The van der Waals surface area contributed by atoms with E-state index in [-0.39, 0.29) is 10.8 Å². The Morgan fingerprint density at radius 3 is 1.14 bits per heavy atom. The van der Waals surface area contributed by atoms with Gasteiger partial charge in [0, 0.05) is 14.2 Å². The van der Waals surface area contributed by atoms with Gasteiger partial charge in [-0.3, -0.25) is 0 Å². The summed E-state index contributed by atoms with van der Waals surface area (Å²) in [6.07, 6.45) is 0. The lowest BCUT2D eigenvalue weighted by atomic mass is 10.0. The van der Waals surface area contributed by atoms with E-state index in [0.717, 1.165) is 12.1 Å². The maximum Gasteiger partial charge on any atom is 0.376 e. The molecule has 0 fully saturated rings. The van der Waals surface area contributed by atoms with Gasteiger partial charge in [0.15, 0.2) is 0 Å². The van der Waals surface area contributed by atoms with Crippen molar-refractivity contribution in [3.05, 3.63) is 0 Å². The van der Waals surface area contributed by atoms with Crippen LogP contribution in [-0.2, 0) is 23.0 Å². The molecule has 2 unspecified atom stereocenters. The summed E-state index contributed by atoms with van der Waals surface area (Å²) in [4.78, 5) is 0. The van der Waals surface area contributed by atoms with Crippen LogP contribution in [0.15, 0.2) is 0 Å². The second-order valence-corrected chi connectivity index (χ2v) is 14.8. The van der Waals surface area contributed by atoms with Gasteiger partial charge in [-0.15, -0.1) is 0 Å². The van der Waals surface area contributed by atoms with Crippen molar-refractivity contribution in [2.24, 2.45) is 10.8 Å². The molecule has 0 saturated carbocycles. The number of rotatable bonds is 8. The highest BCUT2D eigenvalue weighted by Crippen LogP contribution is 2.31. The molecule has 0 rings (SSSR count). The summed E-state index contributed by atoms with van der Waals surface area (Å²) in [5.41, 5.74) is 0.210. The molecule has 0 aromatic rings. The van der Waals surface area contributed by atoms with Crippen LogP contribution < -0.4 is 0 Å². The van der Waals surface area contributed by atoms with Crippen LogP contribution in [-0.4, -0.2) is 31.3 Å². The first-order valence-corrected chi connectivity index (χ1v) is 12.4. The zero-order valence-corrected chi connectivity index (χ0v) is 17.5. The number of hydrogen-bond donors (Lipinski definition) is 0. The van der Waals surface area contributed by atoms with Crippen LogP contribution in [0, 0.1) is 10.8 Å². The van der Waals surface area contributed by atoms with E-state index in [0.29, 0.717) is 0 Å². The highest BCUT2D eigenvalue weighted by molar-refractivity contribution is 6.66. The molecule has 0 heterocycles. The van der Waals surface area contributed by atoms with E-state index in [2.05, 4.69) is 41.5 Å². The Balaban J connectivity index is 4.55. The molecule has 0 aliphatic heterocycles. The van der Waals surface area contributed by atoms with Gasteiger partial charge in [0.2, 0.25) is 0 Å². The fourth-order valence-electron chi connectivity index (χ4n) is 2.36. The normalized spacial score (nSPS) is 19.1. The monoisotopic (exact) mass is 338 g/mol. The van der Waals surface area contributed by atoms with Gasteiger partial charge >= 0.3 is 17.1 Å². The standard InChI is InChI=1S/C14H34O5Si2/c1-13(2,3)11-20(9,15-7)18-17-19-21(10,16-8)12-14(4,5)6/h11-12H2,1-10H3. The van der Waals surface area contributed by atoms with Gasteiger partial charge in [-0.2, -0.15) is 0 Å². The first kappa shape index (κ1) is 21.2. The van der Waals surface area contributed by atoms with Gasteiger partial charge in [-0.05, 0) is 36.0 Å². The summed E-state index contributed by atoms with van der Waals surface area (Å²) in [7, 11) is -1.51. The number of hydrogen-bond acceptors (Lipinski definition) is 5. The molecule has 0 bridgehead atoms. The molecule has 0 saturated heterocycles. The van der Waals surface area contributed by atoms with Crippen molar-refractivity contribution < 1.29 is 23.0 Å². The Labute approximate surface area is 132 Å². The quantitative estimate of drug-likeness (QED) is 0.373. The van der Waals surface area contributed by atoms with Crippen LogP contribution in [0.4, 0.5) is 0 Å². The largest absolute Gasteiger partial charge is 0.396 e. The van der Waals surface area contributed by atoms with Crippen molar-refractivity contribution in [2.45, 2.75) is 66.7 Å². The second-order valence-electron chi connectivity index (χ2n) is 8.39. The van der Waals surface area contributed by atoms with Crippen LogP contribution in [0.3, 0.4) is 0 Å². The third-order valence-electron chi connectivity index (χ3n) is 2.99. The summed E-state index contributed by atoms with van der Waals surface area (Å²) in [6, 6.07) is 1.62. The van der Waals surface area contributed by atoms with Crippen molar-refractivity contribution >= 4 is 17.1 Å². The molecule has 5 nitrogen and oxygen atoms in total. The van der Waals surface area contributed by atoms with Crippen molar-refractivity contribution in [2.75, 3.05) is 14.2 Å². The molecular formula is C14H34O5Si2. The van der Waals surface area contributed by atoms with E-state index in [9.17, 15) is 0 Å². The van der Waals surface area contributed by atoms with Crippen LogP contribution in [0.5, 0.6) is 0 Å². The van der Waals surface area contributed by atoms with Gasteiger partial charge in [-0.1, -0.05) is 46.6 Å². The Morgan fingerprint density at radius 2 is 0.952 bits per heavy atom. The van der Waals surface area contributed by atoms with E-state index in [4.69, 9.17) is 23.0 Å². The minimum Gasteiger partial charge on any atom is -0.396 e. The summed E-state index contributed by atoms with van der Waals surface area (Å²) in [6.45, 7) is 16.8. The van der Waals surface area contributed by atoms with Crippen molar-refractivity contribution in [3.63, 3.8) is 0 Å². The van der Waals surface area contributed by atoms with Gasteiger partial charge < -0.3 is 8.85 Å². The summed E-state index contributed by atoms with van der Waals surface area (Å²) < 4.78 is 22.1. The van der Waals surface area contributed by atoms with Crippen LogP contribution in [0.1, 0.15) is 41.5 Å². The van der Waals surface area contributed by atoms with E-state index in [1.165, 1.54) is 0 Å². The van der Waals surface area contributed by atoms with Crippen LogP contribution in [0.2, 0.25) is 25.2 Å². The molecular weight excluding hydrogens is 304 g/mol. The van der Waals surface area contributed by atoms with Crippen molar-refractivity contribution in [1.82, 2.24) is 0 Å². The third kappa shape index (κ3) is 9.77. The minimum atomic E-state index is -2.41. The molecule has 0 aliphatic rings. The maximum atomic E-state index is 5.55. The van der Waals surface area contributed by atoms with E-state index >= 15 is 0 Å². The molecule has 2 atom stereocenters. The molecule has 0 N–H and O–H groups in total. The zero-order valence-electron chi connectivity index (χ0n) is 15.5. The molecule has 21 heavy (non-hydrogen) atoms. The fraction of sp³-hybridized carbons (Fsp3) is 1.00. The average Bonchev–Trinajstić information content (AvgIpc) is 2.24. The lowest BCUT2D eigenvalue weighted by molar-refractivity contribution is -0.440. The van der Waals surface area contributed by atoms with Gasteiger partial charge in [0.05, 0.1) is 0 Å². The SMILES string of the molecule is CO[Si](C)(CC(C)(C)C)OOO[Si](C)(CC(C)(C)C)OC.